The van der Waals surface area contributed by atoms with Gasteiger partial charge in [0, 0.05) is 32.7 Å². The Bertz CT molecular complexity index is 4340. The monoisotopic (exact) mass is 874 g/mol. The van der Waals surface area contributed by atoms with Gasteiger partial charge in [-0.2, -0.15) is 0 Å². The molecule has 0 amide bonds. The molecule has 2 heteroatoms. The molecule has 0 fully saturated rings. The SMILES string of the molecule is c1ccc2c(c1)-c1ccccc1C21c2ccccc2-c2c1c(-c1c3cccc(-c4cccc5c4oc4ccccc45)c3cc3c(-c4cccc5c4oc4ccccc45)cccc13)cc1ccccc21. The minimum Gasteiger partial charge on any atom is -0.455 e. The lowest BCUT2D eigenvalue weighted by atomic mass is 9.68. The number of hydrogen-bond acceptors (Lipinski definition) is 2. The van der Waals surface area contributed by atoms with Crippen LogP contribution in [-0.2, 0) is 5.41 Å². The first kappa shape index (κ1) is 37.1. The van der Waals surface area contributed by atoms with E-state index in [9.17, 15) is 0 Å². The third kappa shape index (κ3) is 4.75. The smallest absolute Gasteiger partial charge is 0.143 e. The minimum atomic E-state index is -0.581. The van der Waals surface area contributed by atoms with Crippen LogP contribution in [0.25, 0.3) is 132 Å². The highest BCUT2D eigenvalue weighted by atomic mass is 16.3. The second kappa shape index (κ2) is 13.6. The van der Waals surface area contributed by atoms with Gasteiger partial charge in [0.2, 0.25) is 0 Å². The van der Waals surface area contributed by atoms with Crippen molar-refractivity contribution in [3.63, 3.8) is 0 Å². The van der Waals surface area contributed by atoms with Crippen LogP contribution in [-0.4, -0.2) is 0 Å². The van der Waals surface area contributed by atoms with Gasteiger partial charge in [0.15, 0.2) is 0 Å². The van der Waals surface area contributed by atoms with Gasteiger partial charge in [-0.25, -0.2) is 0 Å². The Kier molecular flexibility index (Phi) is 7.30. The molecule has 14 aromatic rings. The lowest BCUT2D eigenvalue weighted by Gasteiger charge is -2.33. The van der Waals surface area contributed by atoms with E-state index in [4.69, 9.17) is 8.83 Å². The lowest BCUT2D eigenvalue weighted by Crippen LogP contribution is -2.26. The molecule has 12 aromatic carbocycles. The molecule has 0 radical (unpaired) electrons. The third-order valence-electron chi connectivity index (χ3n) is 15.7. The average Bonchev–Trinajstić information content (AvgIpc) is 4.16. The Labute approximate surface area is 396 Å². The van der Waals surface area contributed by atoms with Crippen molar-refractivity contribution >= 4 is 76.2 Å². The first-order chi connectivity index (χ1) is 34.3. The first-order valence-electron chi connectivity index (χ1n) is 23.9. The Hall–Kier alpha value is -8.98. The normalized spacial score (nSPS) is 13.3. The summed E-state index contributed by atoms with van der Waals surface area (Å²) < 4.78 is 13.6. The summed E-state index contributed by atoms with van der Waals surface area (Å²) in [7, 11) is 0. The van der Waals surface area contributed by atoms with Crippen molar-refractivity contribution < 1.29 is 8.83 Å². The second-order valence-electron chi connectivity index (χ2n) is 18.9. The zero-order valence-corrected chi connectivity index (χ0v) is 37.3. The Morgan fingerprint density at radius 2 is 0.652 bits per heavy atom. The molecule has 2 nitrogen and oxygen atoms in total. The van der Waals surface area contributed by atoms with Crippen molar-refractivity contribution in [3.8, 4) is 55.6 Å². The topological polar surface area (TPSA) is 26.3 Å². The molecule has 2 aromatic heterocycles. The molecule has 0 bridgehead atoms. The van der Waals surface area contributed by atoms with Crippen LogP contribution in [0.15, 0.2) is 239 Å². The van der Waals surface area contributed by atoms with Gasteiger partial charge in [0.1, 0.15) is 22.3 Å². The van der Waals surface area contributed by atoms with E-state index < -0.39 is 5.41 Å². The van der Waals surface area contributed by atoms with E-state index in [1.54, 1.807) is 0 Å². The molecule has 16 rings (SSSR count). The quantitative estimate of drug-likeness (QED) is 0.165. The maximum absolute atomic E-state index is 6.82. The molecule has 2 aliphatic rings. The fourth-order valence-electron chi connectivity index (χ4n) is 13.0. The summed E-state index contributed by atoms with van der Waals surface area (Å²) in [5.41, 5.74) is 20.3. The summed E-state index contributed by atoms with van der Waals surface area (Å²) in [6.07, 6.45) is 0. The van der Waals surface area contributed by atoms with E-state index in [1.807, 2.05) is 0 Å². The molecular formula is C67H38O2. The number of rotatable bonds is 3. The molecule has 0 atom stereocenters. The van der Waals surface area contributed by atoms with Crippen LogP contribution in [0.5, 0.6) is 0 Å². The molecule has 0 saturated heterocycles. The van der Waals surface area contributed by atoms with Gasteiger partial charge in [-0.3, -0.25) is 0 Å². The third-order valence-corrected chi connectivity index (χ3v) is 15.7. The highest BCUT2D eigenvalue weighted by molar-refractivity contribution is 6.24. The number of fused-ring (bicyclic) bond motifs is 20. The maximum Gasteiger partial charge on any atom is 0.143 e. The summed E-state index contributed by atoms with van der Waals surface area (Å²) in [6.45, 7) is 0. The predicted molar refractivity (Wildman–Crippen MR) is 286 cm³/mol. The molecule has 318 valence electrons. The number of furan rings is 2. The summed E-state index contributed by atoms with van der Waals surface area (Å²) in [5, 5.41) is 11.7. The summed E-state index contributed by atoms with van der Waals surface area (Å²) in [5.74, 6) is 0. The van der Waals surface area contributed by atoms with Gasteiger partial charge >= 0.3 is 0 Å². The number of benzene rings is 12. The Balaban J connectivity index is 1.11. The maximum atomic E-state index is 6.82. The molecule has 0 aliphatic heterocycles. The van der Waals surface area contributed by atoms with Gasteiger partial charge in [0.05, 0.1) is 5.41 Å². The molecule has 0 unspecified atom stereocenters. The van der Waals surface area contributed by atoms with Gasteiger partial charge < -0.3 is 8.83 Å². The van der Waals surface area contributed by atoms with Gasteiger partial charge in [-0.05, 0) is 123 Å². The highest BCUT2D eigenvalue weighted by Gasteiger charge is 2.53. The largest absolute Gasteiger partial charge is 0.455 e. The Morgan fingerprint density at radius 3 is 1.22 bits per heavy atom. The van der Waals surface area contributed by atoms with Gasteiger partial charge in [0.25, 0.3) is 0 Å². The van der Waals surface area contributed by atoms with Crippen LogP contribution < -0.4 is 0 Å². The number of hydrogen-bond donors (Lipinski definition) is 0. The molecule has 1 spiro atoms. The van der Waals surface area contributed by atoms with E-state index in [0.717, 1.165) is 76.9 Å². The Morgan fingerprint density at radius 1 is 0.246 bits per heavy atom. The van der Waals surface area contributed by atoms with Crippen molar-refractivity contribution in [2.24, 2.45) is 0 Å². The van der Waals surface area contributed by atoms with E-state index in [-0.39, 0.29) is 0 Å². The molecule has 2 aliphatic carbocycles. The predicted octanol–water partition coefficient (Wildman–Crippen LogP) is 18.3. The van der Waals surface area contributed by atoms with E-state index in [2.05, 4.69) is 231 Å². The second-order valence-corrected chi connectivity index (χ2v) is 18.9. The van der Waals surface area contributed by atoms with Crippen LogP contribution in [0.4, 0.5) is 0 Å². The van der Waals surface area contributed by atoms with Crippen LogP contribution in [0, 0.1) is 0 Å². The fourth-order valence-corrected chi connectivity index (χ4v) is 13.0. The van der Waals surface area contributed by atoms with Crippen LogP contribution in [0.3, 0.4) is 0 Å². The molecule has 0 N–H and O–H groups in total. The van der Waals surface area contributed by atoms with Crippen molar-refractivity contribution in [3.05, 3.63) is 253 Å². The van der Waals surface area contributed by atoms with Crippen molar-refractivity contribution in [2.45, 2.75) is 5.41 Å². The average molecular weight is 875 g/mol. The fraction of sp³-hybridized carbons (Fsp3) is 0.0149. The lowest BCUT2D eigenvalue weighted by molar-refractivity contribution is 0.669. The van der Waals surface area contributed by atoms with E-state index in [1.165, 1.54) is 77.2 Å². The van der Waals surface area contributed by atoms with E-state index >= 15 is 0 Å². The highest BCUT2D eigenvalue weighted by Crippen LogP contribution is 2.66. The van der Waals surface area contributed by atoms with Crippen LogP contribution in [0.2, 0.25) is 0 Å². The van der Waals surface area contributed by atoms with Crippen molar-refractivity contribution in [1.29, 1.82) is 0 Å². The first-order valence-corrected chi connectivity index (χ1v) is 23.9. The zero-order valence-electron chi connectivity index (χ0n) is 37.3. The van der Waals surface area contributed by atoms with Crippen LogP contribution in [0.1, 0.15) is 22.3 Å². The minimum absolute atomic E-state index is 0.581. The van der Waals surface area contributed by atoms with Crippen molar-refractivity contribution in [1.82, 2.24) is 0 Å². The standard InChI is InChI=1S/C67H38O2/c1-2-18-40-39(17-1)37-56(64-63(40)53-23-5-10-34-59(53)67(64)57-32-8-3-19-43(57)44-20-4-9-33-58(44)67)62-47-26-13-24-41(49-28-15-30-51-45-21-6-11-35-60(45)68-65(49)51)54(47)38-55-42(25-14-27-48(55)62)50-29-16-31-52-46-22-7-12-36-61(46)69-66(50)52/h1-38H. The molecule has 69 heavy (non-hydrogen) atoms. The van der Waals surface area contributed by atoms with E-state index in [0.29, 0.717) is 0 Å². The van der Waals surface area contributed by atoms with Crippen LogP contribution >= 0.6 is 0 Å². The molecule has 0 saturated carbocycles. The van der Waals surface area contributed by atoms with Gasteiger partial charge in [-0.15, -0.1) is 0 Å². The molecular weight excluding hydrogens is 837 g/mol. The zero-order chi connectivity index (χ0) is 45.0. The van der Waals surface area contributed by atoms with Gasteiger partial charge in [-0.1, -0.05) is 206 Å². The summed E-state index contributed by atoms with van der Waals surface area (Å²) in [4.78, 5) is 0. The summed E-state index contributed by atoms with van der Waals surface area (Å²) >= 11 is 0. The molecule has 2 heterocycles. The van der Waals surface area contributed by atoms with Crippen molar-refractivity contribution in [2.75, 3.05) is 0 Å². The summed E-state index contributed by atoms with van der Waals surface area (Å²) in [6, 6.07) is 85.3. The number of para-hydroxylation sites is 4.